The Balaban J connectivity index is 2.05. The van der Waals surface area contributed by atoms with Gasteiger partial charge in [0.05, 0.1) is 11.6 Å². The van der Waals surface area contributed by atoms with E-state index >= 15 is 0 Å². The highest BCUT2D eigenvalue weighted by Crippen LogP contribution is 2.28. The zero-order chi connectivity index (χ0) is 15.6. The van der Waals surface area contributed by atoms with E-state index < -0.39 is 17.6 Å². The van der Waals surface area contributed by atoms with Gasteiger partial charge in [0.15, 0.2) is 0 Å². The van der Waals surface area contributed by atoms with Gasteiger partial charge < -0.3 is 20.1 Å². The molecule has 2 aliphatic rings. The minimum atomic E-state index is -0.913. The fourth-order valence-corrected chi connectivity index (χ4v) is 3.20. The van der Waals surface area contributed by atoms with Crippen molar-refractivity contribution in [1.82, 2.24) is 10.2 Å². The SMILES string of the molecule is CCC1CCN(C(=O)NC2(C)CCOC2C)C(C(=O)O)C1. The molecule has 21 heavy (non-hydrogen) atoms. The van der Waals surface area contributed by atoms with E-state index in [1.165, 1.54) is 4.90 Å². The minimum absolute atomic E-state index is 0.0575. The number of ether oxygens (including phenoxy) is 1. The molecular formula is C15H26N2O4. The molecule has 2 rings (SSSR count). The fraction of sp³-hybridized carbons (Fsp3) is 0.867. The molecule has 0 spiro atoms. The quantitative estimate of drug-likeness (QED) is 0.833. The number of hydrogen-bond donors (Lipinski definition) is 2. The first-order valence-electron chi connectivity index (χ1n) is 7.80. The lowest BCUT2D eigenvalue weighted by atomic mass is 9.89. The van der Waals surface area contributed by atoms with Crippen molar-refractivity contribution in [2.24, 2.45) is 5.92 Å². The van der Waals surface area contributed by atoms with Gasteiger partial charge in [-0.15, -0.1) is 0 Å². The lowest BCUT2D eigenvalue weighted by Crippen LogP contribution is -2.59. The summed E-state index contributed by atoms with van der Waals surface area (Å²) >= 11 is 0. The maximum absolute atomic E-state index is 12.5. The van der Waals surface area contributed by atoms with Crippen LogP contribution in [0, 0.1) is 5.92 Å². The molecule has 2 heterocycles. The zero-order valence-electron chi connectivity index (χ0n) is 13.1. The van der Waals surface area contributed by atoms with Crippen molar-refractivity contribution in [3.63, 3.8) is 0 Å². The fourth-order valence-electron chi connectivity index (χ4n) is 3.20. The molecule has 0 aromatic carbocycles. The molecule has 0 radical (unpaired) electrons. The van der Waals surface area contributed by atoms with E-state index in [4.69, 9.17) is 4.74 Å². The van der Waals surface area contributed by atoms with Crippen LogP contribution in [0.15, 0.2) is 0 Å². The van der Waals surface area contributed by atoms with Crippen LogP contribution in [-0.4, -0.2) is 52.8 Å². The third kappa shape index (κ3) is 3.31. The first-order chi connectivity index (χ1) is 9.87. The number of aliphatic carboxylic acids is 1. The van der Waals surface area contributed by atoms with Gasteiger partial charge in [0.2, 0.25) is 0 Å². The van der Waals surface area contributed by atoms with Gasteiger partial charge in [-0.3, -0.25) is 0 Å². The maximum atomic E-state index is 12.5. The van der Waals surface area contributed by atoms with Crippen LogP contribution in [0.25, 0.3) is 0 Å². The Morgan fingerprint density at radius 3 is 2.71 bits per heavy atom. The molecule has 0 bridgehead atoms. The molecule has 4 atom stereocenters. The second-order valence-corrected chi connectivity index (χ2v) is 6.46. The molecule has 0 aromatic heterocycles. The highest BCUT2D eigenvalue weighted by atomic mass is 16.5. The number of hydrogen-bond acceptors (Lipinski definition) is 3. The van der Waals surface area contributed by atoms with Crippen molar-refractivity contribution < 1.29 is 19.4 Å². The molecule has 6 nitrogen and oxygen atoms in total. The number of nitrogens with one attached hydrogen (secondary N) is 1. The molecule has 4 unspecified atom stereocenters. The van der Waals surface area contributed by atoms with Gasteiger partial charge in [-0.2, -0.15) is 0 Å². The second-order valence-electron chi connectivity index (χ2n) is 6.46. The monoisotopic (exact) mass is 298 g/mol. The van der Waals surface area contributed by atoms with Crippen LogP contribution in [0.5, 0.6) is 0 Å². The van der Waals surface area contributed by atoms with E-state index in [0.717, 1.165) is 19.3 Å². The number of rotatable bonds is 3. The van der Waals surface area contributed by atoms with Gasteiger partial charge in [-0.25, -0.2) is 9.59 Å². The average Bonchev–Trinajstić information content (AvgIpc) is 2.77. The van der Waals surface area contributed by atoms with E-state index in [0.29, 0.717) is 25.5 Å². The second kappa shape index (κ2) is 6.22. The first-order valence-corrected chi connectivity index (χ1v) is 7.80. The van der Waals surface area contributed by atoms with Crippen molar-refractivity contribution in [2.75, 3.05) is 13.2 Å². The number of carboxylic acids is 1. The molecule has 2 amide bonds. The van der Waals surface area contributed by atoms with Crippen LogP contribution < -0.4 is 5.32 Å². The van der Waals surface area contributed by atoms with Crippen LogP contribution in [0.2, 0.25) is 0 Å². The summed E-state index contributed by atoms with van der Waals surface area (Å²) in [4.78, 5) is 25.5. The first kappa shape index (κ1) is 16.1. The van der Waals surface area contributed by atoms with Gasteiger partial charge in [-0.05, 0) is 39.0 Å². The predicted molar refractivity (Wildman–Crippen MR) is 78.1 cm³/mol. The smallest absolute Gasteiger partial charge is 0.326 e. The lowest BCUT2D eigenvalue weighted by molar-refractivity contribution is -0.144. The van der Waals surface area contributed by atoms with Crippen LogP contribution in [0.4, 0.5) is 4.79 Å². The van der Waals surface area contributed by atoms with E-state index in [1.54, 1.807) is 0 Å². The van der Waals surface area contributed by atoms with Crippen LogP contribution >= 0.6 is 0 Å². The van der Waals surface area contributed by atoms with Crippen molar-refractivity contribution in [3.8, 4) is 0 Å². The Kier molecular flexibility index (Phi) is 4.76. The molecule has 2 saturated heterocycles. The van der Waals surface area contributed by atoms with E-state index in [2.05, 4.69) is 12.2 Å². The van der Waals surface area contributed by atoms with Crippen LogP contribution in [0.3, 0.4) is 0 Å². The minimum Gasteiger partial charge on any atom is -0.480 e. The normalized spacial score (nSPS) is 36.5. The van der Waals surface area contributed by atoms with Gasteiger partial charge in [-0.1, -0.05) is 13.3 Å². The number of carboxylic acid groups (broad SMARTS) is 1. The Morgan fingerprint density at radius 1 is 1.48 bits per heavy atom. The number of piperidine rings is 1. The summed E-state index contributed by atoms with van der Waals surface area (Å²) in [5, 5.41) is 12.4. The molecule has 0 aromatic rings. The number of nitrogens with zero attached hydrogens (tertiary/aromatic N) is 1. The maximum Gasteiger partial charge on any atom is 0.326 e. The molecule has 2 fully saturated rings. The Morgan fingerprint density at radius 2 is 2.19 bits per heavy atom. The molecule has 0 saturated carbocycles. The summed E-state index contributed by atoms with van der Waals surface area (Å²) in [5.41, 5.74) is -0.415. The number of carbonyl (C=O) groups is 2. The van der Waals surface area contributed by atoms with Gasteiger partial charge in [0, 0.05) is 13.2 Å². The van der Waals surface area contributed by atoms with E-state index in [-0.39, 0.29) is 12.1 Å². The van der Waals surface area contributed by atoms with E-state index in [9.17, 15) is 14.7 Å². The van der Waals surface area contributed by atoms with Crippen molar-refractivity contribution in [1.29, 1.82) is 0 Å². The van der Waals surface area contributed by atoms with Crippen molar-refractivity contribution in [2.45, 2.75) is 64.1 Å². The summed E-state index contributed by atoms with van der Waals surface area (Å²) in [7, 11) is 0. The van der Waals surface area contributed by atoms with Crippen molar-refractivity contribution in [3.05, 3.63) is 0 Å². The molecule has 0 aliphatic carbocycles. The molecule has 2 N–H and O–H groups in total. The predicted octanol–water partition coefficient (Wildman–Crippen LogP) is 1.84. The van der Waals surface area contributed by atoms with Crippen molar-refractivity contribution >= 4 is 12.0 Å². The Bertz CT molecular complexity index is 414. The largest absolute Gasteiger partial charge is 0.480 e. The summed E-state index contributed by atoms with van der Waals surface area (Å²) in [6.07, 6.45) is 3.07. The molecular weight excluding hydrogens is 272 g/mol. The van der Waals surface area contributed by atoms with Crippen LogP contribution in [0.1, 0.15) is 46.5 Å². The zero-order valence-corrected chi connectivity index (χ0v) is 13.1. The van der Waals surface area contributed by atoms with Gasteiger partial charge >= 0.3 is 12.0 Å². The molecule has 120 valence electrons. The number of urea groups is 1. The number of likely N-dealkylation sites (tertiary alicyclic amines) is 1. The van der Waals surface area contributed by atoms with Gasteiger partial charge in [0.25, 0.3) is 0 Å². The summed E-state index contributed by atoms with van der Waals surface area (Å²) in [6, 6.07) is -0.998. The highest BCUT2D eigenvalue weighted by molar-refractivity contribution is 5.83. The van der Waals surface area contributed by atoms with Gasteiger partial charge in [0.1, 0.15) is 6.04 Å². The Hall–Kier alpha value is -1.30. The summed E-state index contributed by atoms with van der Waals surface area (Å²) < 4.78 is 5.52. The Labute approximate surface area is 125 Å². The topological polar surface area (TPSA) is 78.9 Å². The van der Waals surface area contributed by atoms with E-state index in [1.807, 2.05) is 13.8 Å². The number of amides is 2. The summed E-state index contributed by atoms with van der Waals surface area (Å²) in [6.45, 7) is 7.09. The third-order valence-electron chi connectivity index (χ3n) is 5.11. The third-order valence-corrected chi connectivity index (χ3v) is 5.11. The average molecular weight is 298 g/mol. The molecule has 6 heteroatoms. The van der Waals surface area contributed by atoms with Crippen LogP contribution in [-0.2, 0) is 9.53 Å². The molecule has 2 aliphatic heterocycles. The summed E-state index contributed by atoms with van der Waals surface area (Å²) in [5.74, 6) is -0.524. The number of carbonyl (C=O) groups excluding carboxylic acids is 1. The lowest BCUT2D eigenvalue weighted by Gasteiger charge is -2.39. The standard InChI is InChI=1S/C15H26N2O4/c1-4-11-5-7-17(12(9-11)13(18)19)14(20)16-15(3)6-8-21-10(15)2/h10-12H,4-9H2,1-3H3,(H,16,20)(H,18,19). The highest BCUT2D eigenvalue weighted by Gasteiger charge is 2.42.